The molecule has 0 heterocycles. The first-order chi connectivity index (χ1) is 7.65. The maximum atomic E-state index is 8.89. The van der Waals surface area contributed by atoms with E-state index in [1.54, 1.807) is 0 Å². The number of carboxylic acid groups (broad SMARTS) is 1. The fraction of sp³-hybridized carbons (Fsp3) is 0.214. The van der Waals surface area contributed by atoms with Gasteiger partial charge in [0.1, 0.15) is 0 Å². The van der Waals surface area contributed by atoms with Gasteiger partial charge in [-0.15, -0.1) is 0 Å². The molecule has 16 heavy (non-hydrogen) atoms. The van der Waals surface area contributed by atoms with E-state index in [0.29, 0.717) is 0 Å². The van der Waals surface area contributed by atoms with Crippen LogP contribution in [0.15, 0.2) is 42.5 Å². The molecule has 2 nitrogen and oxygen atoms in total. The zero-order valence-electron chi connectivity index (χ0n) is 9.57. The van der Waals surface area contributed by atoms with Crippen LogP contribution in [0, 0.1) is 0 Å². The molecule has 0 N–H and O–H groups in total. The lowest BCUT2D eigenvalue weighted by Crippen LogP contribution is -2.16. The zero-order valence-corrected chi connectivity index (χ0v) is 9.57. The smallest absolute Gasteiger partial charge is 0.0383 e. The van der Waals surface area contributed by atoms with Crippen molar-refractivity contribution in [3.05, 3.63) is 48.0 Å². The van der Waals surface area contributed by atoms with Gasteiger partial charge in [0.25, 0.3) is 0 Å². The van der Waals surface area contributed by atoms with Gasteiger partial charge in [0.05, 0.1) is 0 Å². The van der Waals surface area contributed by atoms with E-state index in [1.165, 1.54) is 16.3 Å². The van der Waals surface area contributed by atoms with Crippen LogP contribution in [0.1, 0.15) is 19.4 Å². The molecule has 2 rings (SSSR count). The van der Waals surface area contributed by atoms with Gasteiger partial charge < -0.3 is 9.90 Å². The Balaban J connectivity index is 0.000000280. The molecule has 0 bridgehead atoms. The molecule has 2 heteroatoms. The largest absolute Gasteiger partial charge is 0.550 e. The molecular weight excluding hydrogens is 200 g/mol. The Labute approximate surface area is 95.5 Å². The Hall–Kier alpha value is -1.83. The Morgan fingerprint density at radius 1 is 1.12 bits per heavy atom. The van der Waals surface area contributed by atoms with Gasteiger partial charge in [-0.2, -0.15) is 0 Å². The van der Waals surface area contributed by atoms with Gasteiger partial charge in [-0.25, -0.2) is 0 Å². The zero-order chi connectivity index (χ0) is 12.0. The second-order valence-corrected chi connectivity index (χ2v) is 3.48. The van der Waals surface area contributed by atoms with Gasteiger partial charge in [-0.3, -0.25) is 0 Å². The molecule has 0 saturated heterocycles. The molecule has 0 radical (unpaired) electrons. The van der Waals surface area contributed by atoms with Crippen LogP contribution in [0.4, 0.5) is 0 Å². The minimum Gasteiger partial charge on any atom is -0.550 e. The van der Waals surface area contributed by atoms with Crippen molar-refractivity contribution in [3.8, 4) is 0 Å². The van der Waals surface area contributed by atoms with Crippen LogP contribution in [0.5, 0.6) is 0 Å². The average Bonchev–Trinajstić information content (AvgIpc) is 2.27. The van der Waals surface area contributed by atoms with E-state index in [4.69, 9.17) is 9.90 Å². The van der Waals surface area contributed by atoms with Gasteiger partial charge in [-0.1, -0.05) is 49.4 Å². The summed E-state index contributed by atoms with van der Waals surface area (Å²) in [4.78, 5) is 8.89. The van der Waals surface area contributed by atoms with E-state index in [0.717, 1.165) is 13.3 Å². The summed E-state index contributed by atoms with van der Waals surface area (Å²) in [5.41, 5.74) is 1.44. The molecule has 0 aliphatic rings. The number of carbonyl (C=O) groups is 1. The van der Waals surface area contributed by atoms with E-state index in [-0.39, 0.29) is 0 Å². The van der Waals surface area contributed by atoms with Crippen LogP contribution < -0.4 is 5.11 Å². The van der Waals surface area contributed by atoms with E-state index in [1.807, 2.05) is 0 Å². The van der Waals surface area contributed by atoms with Crippen LogP contribution in [0.2, 0.25) is 0 Å². The first-order valence-electron chi connectivity index (χ1n) is 5.29. The van der Waals surface area contributed by atoms with E-state index in [2.05, 4.69) is 49.4 Å². The number of hydrogen-bond acceptors (Lipinski definition) is 2. The standard InChI is InChI=1S/C12H12.C2H4O2/c1-2-10-7-5-8-11-6-3-4-9-12(10)11;1-2(3)4/h3-9H,2H2,1H3;1H3,(H,3,4)/p-1. The lowest BCUT2D eigenvalue weighted by Gasteiger charge is -2.02. The van der Waals surface area contributed by atoms with Gasteiger partial charge in [-0.05, 0) is 29.7 Å². The van der Waals surface area contributed by atoms with Gasteiger partial charge in [0, 0.05) is 5.97 Å². The van der Waals surface area contributed by atoms with Gasteiger partial charge in [0.2, 0.25) is 0 Å². The van der Waals surface area contributed by atoms with Crippen LogP contribution in [0.3, 0.4) is 0 Å². The van der Waals surface area contributed by atoms with Crippen LogP contribution in [-0.2, 0) is 11.2 Å². The first-order valence-corrected chi connectivity index (χ1v) is 5.29. The Morgan fingerprint density at radius 2 is 1.69 bits per heavy atom. The number of benzene rings is 2. The third-order valence-corrected chi connectivity index (χ3v) is 2.26. The average molecular weight is 215 g/mol. The highest BCUT2D eigenvalue weighted by Crippen LogP contribution is 2.18. The van der Waals surface area contributed by atoms with Crippen molar-refractivity contribution in [1.29, 1.82) is 0 Å². The molecule has 2 aromatic rings. The normalized spacial score (nSPS) is 9.38. The maximum Gasteiger partial charge on any atom is 0.0383 e. The third kappa shape index (κ3) is 3.39. The molecular formula is C14H15O2-. The Kier molecular flexibility index (Phi) is 4.52. The number of aliphatic carboxylic acids is 1. The van der Waals surface area contributed by atoms with Crippen LogP contribution >= 0.6 is 0 Å². The summed E-state index contributed by atoms with van der Waals surface area (Å²) >= 11 is 0. The van der Waals surface area contributed by atoms with Crippen molar-refractivity contribution < 1.29 is 9.90 Å². The van der Waals surface area contributed by atoms with Crippen molar-refractivity contribution in [1.82, 2.24) is 0 Å². The second-order valence-electron chi connectivity index (χ2n) is 3.48. The Morgan fingerprint density at radius 3 is 2.31 bits per heavy atom. The number of rotatable bonds is 1. The van der Waals surface area contributed by atoms with Crippen molar-refractivity contribution in [2.45, 2.75) is 20.3 Å². The molecule has 0 saturated carbocycles. The molecule has 0 aliphatic carbocycles. The molecule has 0 unspecified atom stereocenters. The number of aryl methyl sites for hydroxylation is 1. The fourth-order valence-electron chi connectivity index (χ4n) is 1.60. The maximum absolute atomic E-state index is 8.89. The highest BCUT2D eigenvalue weighted by molar-refractivity contribution is 5.85. The van der Waals surface area contributed by atoms with Crippen molar-refractivity contribution in [3.63, 3.8) is 0 Å². The number of fused-ring (bicyclic) bond motifs is 1. The van der Waals surface area contributed by atoms with Crippen LogP contribution in [0.25, 0.3) is 10.8 Å². The number of hydrogen-bond donors (Lipinski definition) is 0. The summed E-state index contributed by atoms with van der Waals surface area (Å²) in [6.45, 7) is 3.17. The summed E-state index contributed by atoms with van der Waals surface area (Å²) in [6, 6.07) is 15.0. The summed E-state index contributed by atoms with van der Waals surface area (Å²) < 4.78 is 0. The minimum atomic E-state index is -1.08. The summed E-state index contributed by atoms with van der Waals surface area (Å²) in [5, 5.41) is 11.6. The molecule has 0 atom stereocenters. The van der Waals surface area contributed by atoms with E-state index < -0.39 is 5.97 Å². The monoisotopic (exact) mass is 215 g/mol. The quantitative estimate of drug-likeness (QED) is 0.731. The Bertz CT molecular complexity index is 466. The second kappa shape index (κ2) is 5.91. The molecule has 0 fully saturated rings. The summed E-state index contributed by atoms with van der Waals surface area (Å²) in [7, 11) is 0. The fourth-order valence-corrected chi connectivity index (χ4v) is 1.60. The van der Waals surface area contributed by atoms with Crippen molar-refractivity contribution in [2.75, 3.05) is 0 Å². The summed E-state index contributed by atoms with van der Waals surface area (Å²) in [6.07, 6.45) is 1.11. The van der Waals surface area contributed by atoms with E-state index >= 15 is 0 Å². The van der Waals surface area contributed by atoms with Gasteiger partial charge >= 0.3 is 0 Å². The number of carboxylic acids is 1. The predicted molar refractivity (Wildman–Crippen MR) is 64.0 cm³/mol. The highest BCUT2D eigenvalue weighted by Gasteiger charge is 1.95. The molecule has 0 aliphatic heterocycles. The van der Waals surface area contributed by atoms with Crippen LogP contribution in [-0.4, -0.2) is 5.97 Å². The van der Waals surface area contributed by atoms with Crippen molar-refractivity contribution in [2.24, 2.45) is 0 Å². The summed E-state index contributed by atoms with van der Waals surface area (Å²) in [5.74, 6) is -1.08. The minimum absolute atomic E-state index is 0.972. The number of carbonyl (C=O) groups excluding carboxylic acids is 1. The van der Waals surface area contributed by atoms with Gasteiger partial charge in [0.15, 0.2) is 0 Å². The van der Waals surface area contributed by atoms with Crippen molar-refractivity contribution >= 4 is 16.7 Å². The molecule has 0 aromatic heterocycles. The lowest BCUT2D eigenvalue weighted by molar-refractivity contribution is -0.302. The predicted octanol–water partition coefficient (Wildman–Crippen LogP) is 2.16. The first kappa shape index (κ1) is 12.2. The molecule has 2 aromatic carbocycles. The SMILES string of the molecule is CC(=O)[O-].CCc1cccc2ccccc12. The molecule has 0 amide bonds. The van der Waals surface area contributed by atoms with E-state index in [9.17, 15) is 0 Å². The third-order valence-electron chi connectivity index (χ3n) is 2.26. The highest BCUT2D eigenvalue weighted by atomic mass is 16.4. The lowest BCUT2D eigenvalue weighted by atomic mass is 10.0. The topological polar surface area (TPSA) is 40.1 Å². The molecule has 84 valence electrons. The molecule has 0 spiro atoms.